The molecule has 0 amide bonds. The Morgan fingerprint density at radius 3 is 1.79 bits per heavy atom. The van der Waals surface area contributed by atoms with Gasteiger partial charge in [0.2, 0.25) is 5.28 Å². The Morgan fingerprint density at radius 2 is 1.08 bits per heavy atom. The number of aromatic nitrogens is 4. The van der Waals surface area contributed by atoms with Crippen LogP contribution in [0.5, 0.6) is 0 Å². The third-order valence-electron chi connectivity index (χ3n) is 6.77. The molecular weight excluding hydrogens is 488 g/mol. The SMILES string of the molecule is Clc1nc(-c2ccccc2)nc(-c2cc(-c3ccccc3)c3c4ccccc4n(-c4ccccc4)c3c2)n1. The summed E-state index contributed by atoms with van der Waals surface area (Å²) in [5.74, 6) is 1.08. The van der Waals surface area contributed by atoms with Gasteiger partial charge in [-0.3, -0.25) is 0 Å². The van der Waals surface area contributed by atoms with Crippen LogP contribution in [0.3, 0.4) is 0 Å². The topological polar surface area (TPSA) is 43.6 Å². The third-order valence-corrected chi connectivity index (χ3v) is 6.94. The molecule has 7 aromatic rings. The zero-order valence-corrected chi connectivity index (χ0v) is 21.0. The van der Waals surface area contributed by atoms with Crippen molar-refractivity contribution in [3.63, 3.8) is 0 Å². The van der Waals surface area contributed by atoms with E-state index in [2.05, 4.69) is 99.5 Å². The number of nitrogens with zero attached hydrogens (tertiary/aromatic N) is 4. The molecule has 0 unspecified atom stereocenters. The molecule has 5 heteroatoms. The monoisotopic (exact) mass is 508 g/mol. The first-order chi connectivity index (χ1) is 18.8. The maximum atomic E-state index is 6.45. The van der Waals surface area contributed by atoms with Crippen molar-refractivity contribution in [2.75, 3.05) is 0 Å². The zero-order valence-electron chi connectivity index (χ0n) is 20.3. The molecule has 2 heterocycles. The van der Waals surface area contributed by atoms with Crippen molar-refractivity contribution in [3.8, 4) is 39.6 Å². The van der Waals surface area contributed by atoms with Gasteiger partial charge in [0.1, 0.15) is 0 Å². The molecule has 180 valence electrons. The Bertz CT molecular complexity index is 1910. The number of fused-ring (bicyclic) bond motifs is 3. The van der Waals surface area contributed by atoms with Gasteiger partial charge in [-0.1, -0.05) is 97.1 Å². The summed E-state index contributed by atoms with van der Waals surface area (Å²) in [5, 5.41) is 2.54. The Labute approximate surface area is 224 Å². The lowest BCUT2D eigenvalue weighted by Crippen LogP contribution is -1.98. The summed E-state index contributed by atoms with van der Waals surface area (Å²) >= 11 is 6.45. The summed E-state index contributed by atoms with van der Waals surface area (Å²) in [5.41, 5.74) is 7.31. The summed E-state index contributed by atoms with van der Waals surface area (Å²) in [4.78, 5) is 13.8. The summed E-state index contributed by atoms with van der Waals surface area (Å²) < 4.78 is 2.31. The van der Waals surface area contributed by atoms with E-state index in [1.54, 1.807) is 0 Å². The number of para-hydroxylation sites is 2. The third kappa shape index (κ3) is 3.83. The average molecular weight is 509 g/mol. The van der Waals surface area contributed by atoms with Gasteiger partial charge < -0.3 is 4.57 Å². The molecule has 0 bridgehead atoms. The van der Waals surface area contributed by atoms with E-state index in [1.165, 1.54) is 10.8 Å². The Morgan fingerprint density at radius 1 is 0.500 bits per heavy atom. The standard InChI is InChI=1S/C33H21ClN4/c34-33-36-31(23-14-6-2-7-15-23)35-32(37-33)24-20-27(22-12-4-1-5-13-22)30-26-18-10-11-19-28(26)38(29(30)21-24)25-16-8-3-9-17-25/h1-21H. The molecular formula is C33H21ClN4. The van der Waals surface area contributed by atoms with Gasteiger partial charge in [0.05, 0.1) is 11.0 Å². The molecule has 0 aliphatic heterocycles. The quantitative estimate of drug-likeness (QED) is 0.239. The van der Waals surface area contributed by atoms with Crippen LogP contribution in [0.4, 0.5) is 0 Å². The molecule has 0 aliphatic rings. The van der Waals surface area contributed by atoms with Crippen LogP contribution in [0.25, 0.3) is 61.4 Å². The molecule has 0 N–H and O–H groups in total. The van der Waals surface area contributed by atoms with Crippen LogP contribution in [0, 0.1) is 0 Å². The van der Waals surface area contributed by atoms with Crippen molar-refractivity contribution in [1.29, 1.82) is 0 Å². The molecule has 0 spiro atoms. The van der Waals surface area contributed by atoms with Gasteiger partial charge in [0.25, 0.3) is 0 Å². The fourth-order valence-corrected chi connectivity index (χ4v) is 5.28. The van der Waals surface area contributed by atoms with E-state index in [9.17, 15) is 0 Å². The largest absolute Gasteiger partial charge is 0.309 e. The van der Waals surface area contributed by atoms with Gasteiger partial charge in [-0.05, 0) is 53.1 Å². The molecule has 4 nitrogen and oxygen atoms in total. The fraction of sp³-hybridized carbons (Fsp3) is 0. The van der Waals surface area contributed by atoms with Crippen LogP contribution in [0.2, 0.25) is 5.28 Å². The van der Waals surface area contributed by atoms with Crippen LogP contribution in [-0.4, -0.2) is 19.5 Å². The molecule has 0 atom stereocenters. The average Bonchev–Trinajstić information content (AvgIpc) is 3.32. The summed E-state index contributed by atoms with van der Waals surface area (Å²) in [6.45, 7) is 0. The normalized spacial score (nSPS) is 11.3. The van der Waals surface area contributed by atoms with Gasteiger partial charge in [-0.15, -0.1) is 0 Å². The van der Waals surface area contributed by atoms with E-state index in [-0.39, 0.29) is 5.28 Å². The first kappa shape index (κ1) is 22.4. The maximum Gasteiger partial charge on any atom is 0.226 e. The smallest absolute Gasteiger partial charge is 0.226 e. The lowest BCUT2D eigenvalue weighted by atomic mass is 9.96. The van der Waals surface area contributed by atoms with Crippen LogP contribution in [0.15, 0.2) is 127 Å². The lowest BCUT2D eigenvalue weighted by Gasteiger charge is -2.12. The highest BCUT2D eigenvalue weighted by Crippen LogP contribution is 2.41. The van der Waals surface area contributed by atoms with E-state index in [4.69, 9.17) is 16.6 Å². The lowest BCUT2D eigenvalue weighted by molar-refractivity contribution is 1.07. The van der Waals surface area contributed by atoms with Crippen molar-refractivity contribution < 1.29 is 0 Å². The molecule has 0 saturated heterocycles. The summed E-state index contributed by atoms with van der Waals surface area (Å²) in [6.07, 6.45) is 0. The van der Waals surface area contributed by atoms with Crippen LogP contribution in [0.1, 0.15) is 0 Å². The van der Waals surface area contributed by atoms with Crippen LogP contribution < -0.4 is 0 Å². The van der Waals surface area contributed by atoms with E-state index in [0.29, 0.717) is 11.6 Å². The number of hydrogen-bond donors (Lipinski definition) is 0. The molecule has 5 aromatic carbocycles. The zero-order chi connectivity index (χ0) is 25.5. The van der Waals surface area contributed by atoms with E-state index in [1.807, 2.05) is 42.5 Å². The second-order valence-electron chi connectivity index (χ2n) is 9.09. The first-order valence-corrected chi connectivity index (χ1v) is 12.8. The Hall–Kier alpha value is -4.80. The molecule has 2 aromatic heterocycles. The summed E-state index contributed by atoms with van der Waals surface area (Å²) in [7, 11) is 0. The molecule has 0 fully saturated rings. The number of benzene rings is 5. The predicted molar refractivity (Wildman–Crippen MR) is 155 cm³/mol. The minimum absolute atomic E-state index is 0.166. The van der Waals surface area contributed by atoms with Gasteiger partial charge in [0, 0.05) is 27.6 Å². The molecule has 7 rings (SSSR count). The Balaban J connectivity index is 1.58. The minimum Gasteiger partial charge on any atom is -0.309 e. The van der Waals surface area contributed by atoms with Crippen molar-refractivity contribution in [2.24, 2.45) is 0 Å². The highest BCUT2D eigenvalue weighted by molar-refractivity contribution is 6.28. The first-order valence-electron chi connectivity index (χ1n) is 12.4. The maximum absolute atomic E-state index is 6.45. The van der Waals surface area contributed by atoms with Crippen LogP contribution >= 0.6 is 11.6 Å². The van der Waals surface area contributed by atoms with E-state index < -0.39 is 0 Å². The molecule has 0 saturated carbocycles. The van der Waals surface area contributed by atoms with Gasteiger partial charge in [-0.2, -0.15) is 9.97 Å². The van der Waals surface area contributed by atoms with Crippen LogP contribution in [-0.2, 0) is 0 Å². The van der Waals surface area contributed by atoms with E-state index >= 15 is 0 Å². The van der Waals surface area contributed by atoms with Gasteiger partial charge >= 0.3 is 0 Å². The van der Waals surface area contributed by atoms with Crippen molar-refractivity contribution in [3.05, 3.63) is 133 Å². The number of halogens is 1. The van der Waals surface area contributed by atoms with Gasteiger partial charge in [-0.25, -0.2) is 4.98 Å². The highest BCUT2D eigenvalue weighted by atomic mass is 35.5. The van der Waals surface area contributed by atoms with Gasteiger partial charge in [0.15, 0.2) is 11.6 Å². The highest BCUT2D eigenvalue weighted by Gasteiger charge is 2.19. The second kappa shape index (κ2) is 9.25. The minimum atomic E-state index is 0.166. The number of rotatable bonds is 4. The second-order valence-corrected chi connectivity index (χ2v) is 9.43. The van der Waals surface area contributed by atoms with Crippen molar-refractivity contribution >= 4 is 33.4 Å². The summed E-state index contributed by atoms with van der Waals surface area (Å²) in [6, 6.07) is 43.6. The molecule has 0 radical (unpaired) electrons. The number of hydrogen-bond acceptors (Lipinski definition) is 3. The fourth-order valence-electron chi connectivity index (χ4n) is 5.12. The molecule has 38 heavy (non-hydrogen) atoms. The van der Waals surface area contributed by atoms with Crippen molar-refractivity contribution in [1.82, 2.24) is 19.5 Å². The van der Waals surface area contributed by atoms with E-state index in [0.717, 1.165) is 39.0 Å². The molecule has 0 aliphatic carbocycles. The Kier molecular flexibility index (Phi) is 5.46. The van der Waals surface area contributed by atoms with Crippen molar-refractivity contribution in [2.45, 2.75) is 0 Å². The predicted octanol–water partition coefficient (Wildman–Crippen LogP) is 8.62.